The van der Waals surface area contributed by atoms with E-state index in [1.54, 1.807) is 56.3 Å². The van der Waals surface area contributed by atoms with Crippen LogP contribution in [0.5, 0.6) is 11.5 Å². The molecule has 0 radical (unpaired) electrons. The Kier molecular flexibility index (Phi) is 8.31. The van der Waals surface area contributed by atoms with E-state index in [1.807, 2.05) is 19.1 Å². The van der Waals surface area contributed by atoms with Crippen molar-refractivity contribution in [2.45, 2.75) is 20.8 Å². The molecule has 10 heteroatoms. The van der Waals surface area contributed by atoms with Crippen molar-refractivity contribution < 1.29 is 28.7 Å². The largest absolute Gasteiger partial charge is 0.490 e. The molecule has 0 aromatic heterocycles. The number of rotatable bonds is 8. The van der Waals surface area contributed by atoms with Gasteiger partial charge in [-0.1, -0.05) is 41.4 Å². The first-order valence-electron chi connectivity index (χ1n) is 12.1. The van der Waals surface area contributed by atoms with Gasteiger partial charge in [0.1, 0.15) is 5.57 Å². The fraction of sp³-hybridized carbons (Fsp3) is 0.172. The molecule has 1 heterocycles. The fourth-order valence-corrected chi connectivity index (χ4v) is 3.93. The number of nitrogens with zero attached hydrogens (tertiary/aromatic N) is 1. The molecule has 200 valence electrons. The minimum Gasteiger partial charge on any atom is -0.490 e. The molecule has 1 aliphatic rings. The van der Waals surface area contributed by atoms with Crippen molar-refractivity contribution in [1.29, 1.82) is 0 Å². The number of carbonyl (C=O) groups is 4. The number of amides is 5. The van der Waals surface area contributed by atoms with Crippen molar-refractivity contribution in [3.05, 3.63) is 87.9 Å². The zero-order chi connectivity index (χ0) is 28.1. The van der Waals surface area contributed by atoms with E-state index in [9.17, 15) is 19.2 Å². The van der Waals surface area contributed by atoms with Crippen molar-refractivity contribution in [1.82, 2.24) is 5.32 Å². The van der Waals surface area contributed by atoms with Crippen LogP contribution in [0.15, 0.2) is 66.2 Å². The first kappa shape index (κ1) is 27.4. The van der Waals surface area contributed by atoms with Crippen LogP contribution in [0.3, 0.4) is 0 Å². The van der Waals surface area contributed by atoms with Crippen molar-refractivity contribution in [2.24, 2.45) is 0 Å². The van der Waals surface area contributed by atoms with Gasteiger partial charge < -0.3 is 14.8 Å². The minimum atomic E-state index is -0.871. The van der Waals surface area contributed by atoms with E-state index >= 15 is 0 Å². The molecule has 1 aliphatic heterocycles. The summed E-state index contributed by atoms with van der Waals surface area (Å²) in [7, 11) is 0. The molecule has 1 saturated heterocycles. The van der Waals surface area contributed by atoms with Crippen LogP contribution in [0, 0.1) is 13.8 Å². The lowest BCUT2D eigenvalue weighted by atomic mass is 10.1. The normalized spacial score (nSPS) is 14.3. The number of nitrogens with one attached hydrogen (secondary N) is 2. The molecule has 0 unspecified atom stereocenters. The molecule has 4 rings (SSSR count). The van der Waals surface area contributed by atoms with Gasteiger partial charge in [-0.15, -0.1) is 0 Å². The fourth-order valence-electron chi connectivity index (χ4n) is 3.76. The van der Waals surface area contributed by atoms with E-state index in [2.05, 4.69) is 10.6 Å². The Labute approximate surface area is 230 Å². The van der Waals surface area contributed by atoms with Crippen LogP contribution < -0.4 is 25.0 Å². The second-order valence-corrected chi connectivity index (χ2v) is 9.14. The molecular weight excluding hydrogens is 522 g/mol. The van der Waals surface area contributed by atoms with Crippen LogP contribution in [0.4, 0.5) is 16.2 Å². The summed E-state index contributed by atoms with van der Waals surface area (Å²) in [4.78, 5) is 51.5. The van der Waals surface area contributed by atoms with Crippen LogP contribution in [0.1, 0.15) is 23.6 Å². The maximum Gasteiger partial charge on any atom is 0.335 e. The topological polar surface area (TPSA) is 114 Å². The number of benzene rings is 3. The highest BCUT2D eigenvalue weighted by molar-refractivity contribution is 6.39. The summed E-state index contributed by atoms with van der Waals surface area (Å²) in [6.45, 7) is 5.58. The average molecular weight is 548 g/mol. The number of hydrogen-bond acceptors (Lipinski definition) is 6. The summed E-state index contributed by atoms with van der Waals surface area (Å²) < 4.78 is 11.3. The molecule has 2 N–H and O–H groups in total. The van der Waals surface area contributed by atoms with Crippen molar-refractivity contribution in [2.75, 3.05) is 23.4 Å². The maximum absolute atomic E-state index is 13.2. The summed E-state index contributed by atoms with van der Waals surface area (Å²) in [6, 6.07) is 16.0. The Morgan fingerprint density at radius 2 is 1.72 bits per heavy atom. The van der Waals surface area contributed by atoms with Gasteiger partial charge in [-0.25, -0.2) is 9.69 Å². The van der Waals surface area contributed by atoms with E-state index in [4.69, 9.17) is 21.1 Å². The summed E-state index contributed by atoms with van der Waals surface area (Å²) in [5.41, 5.74) is 2.93. The number of anilines is 2. The number of imide groups is 2. The molecule has 3 aromatic carbocycles. The number of ether oxygens (including phenoxy) is 2. The standard InChI is InChI=1S/C29H26ClN3O6/c1-4-38-25-14-19(8-12-24(25)39-16-26(34)31-20-9-5-17(2)6-10-20)13-22-27(35)32-29(37)33(28(22)36)21-11-7-18(3)23(30)15-21/h5-15H,4,16H2,1-3H3,(H,31,34)(H,32,35,37)/b22-13+. The van der Waals surface area contributed by atoms with Gasteiger partial charge in [0, 0.05) is 10.7 Å². The van der Waals surface area contributed by atoms with Gasteiger partial charge in [0.25, 0.3) is 17.7 Å². The molecular formula is C29H26ClN3O6. The minimum absolute atomic E-state index is 0.231. The van der Waals surface area contributed by atoms with Crippen LogP contribution in [0.25, 0.3) is 6.08 Å². The molecule has 5 amide bonds. The lowest BCUT2D eigenvalue weighted by Crippen LogP contribution is -2.54. The third-order valence-electron chi connectivity index (χ3n) is 5.79. The molecule has 0 aliphatic carbocycles. The van der Waals surface area contributed by atoms with Crippen molar-refractivity contribution >= 4 is 52.8 Å². The molecule has 0 bridgehead atoms. The van der Waals surface area contributed by atoms with E-state index in [0.717, 1.165) is 16.0 Å². The van der Waals surface area contributed by atoms with Crippen LogP contribution in [0.2, 0.25) is 5.02 Å². The van der Waals surface area contributed by atoms with E-state index < -0.39 is 17.8 Å². The summed E-state index contributed by atoms with van der Waals surface area (Å²) in [6.07, 6.45) is 1.35. The maximum atomic E-state index is 13.2. The summed E-state index contributed by atoms with van der Waals surface area (Å²) in [5.74, 6) is -1.35. The zero-order valence-corrected chi connectivity index (χ0v) is 22.3. The molecule has 3 aromatic rings. The predicted octanol–water partition coefficient (Wildman–Crippen LogP) is 5.04. The SMILES string of the molecule is CCOc1cc(/C=C2\C(=O)NC(=O)N(c3ccc(C)c(Cl)c3)C2=O)ccc1OCC(=O)Nc1ccc(C)cc1. The second-order valence-electron chi connectivity index (χ2n) is 8.73. The van der Waals surface area contributed by atoms with E-state index in [-0.39, 0.29) is 23.8 Å². The zero-order valence-electron chi connectivity index (χ0n) is 21.5. The van der Waals surface area contributed by atoms with E-state index in [1.165, 1.54) is 12.1 Å². The monoisotopic (exact) mass is 547 g/mol. The molecule has 9 nitrogen and oxygen atoms in total. The molecule has 1 fully saturated rings. The number of hydrogen-bond donors (Lipinski definition) is 2. The lowest BCUT2D eigenvalue weighted by molar-refractivity contribution is -0.122. The third kappa shape index (κ3) is 6.45. The van der Waals surface area contributed by atoms with Gasteiger partial charge in [-0.2, -0.15) is 0 Å². The van der Waals surface area contributed by atoms with E-state index in [0.29, 0.717) is 34.4 Å². The van der Waals surface area contributed by atoms with Crippen LogP contribution in [-0.4, -0.2) is 37.0 Å². The van der Waals surface area contributed by atoms with Gasteiger partial charge in [0.2, 0.25) is 0 Å². The smallest absolute Gasteiger partial charge is 0.335 e. The van der Waals surface area contributed by atoms with Crippen molar-refractivity contribution in [3.63, 3.8) is 0 Å². The van der Waals surface area contributed by atoms with Gasteiger partial charge in [-0.3, -0.25) is 19.7 Å². The number of halogens is 1. The Hall–Kier alpha value is -4.63. The first-order chi connectivity index (χ1) is 18.7. The number of urea groups is 1. The quantitative estimate of drug-likeness (QED) is 0.302. The summed E-state index contributed by atoms with van der Waals surface area (Å²) in [5, 5.41) is 5.32. The van der Waals surface area contributed by atoms with Gasteiger partial charge in [-0.05, 0) is 74.4 Å². The van der Waals surface area contributed by atoms with Gasteiger partial charge >= 0.3 is 6.03 Å². The average Bonchev–Trinajstić information content (AvgIpc) is 2.89. The first-order valence-corrected chi connectivity index (χ1v) is 12.5. The highest BCUT2D eigenvalue weighted by Crippen LogP contribution is 2.31. The molecule has 0 spiro atoms. The number of carbonyl (C=O) groups excluding carboxylic acids is 4. The molecule has 39 heavy (non-hydrogen) atoms. The Morgan fingerprint density at radius 1 is 0.974 bits per heavy atom. The molecule has 0 saturated carbocycles. The molecule has 0 atom stereocenters. The van der Waals surface area contributed by atoms with Gasteiger partial charge in [0.15, 0.2) is 18.1 Å². The van der Waals surface area contributed by atoms with Crippen LogP contribution in [-0.2, 0) is 14.4 Å². The number of aryl methyl sites for hydroxylation is 2. The van der Waals surface area contributed by atoms with Gasteiger partial charge in [0.05, 0.1) is 12.3 Å². The predicted molar refractivity (Wildman–Crippen MR) is 148 cm³/mol. The Morgan fingerprint density at radius 3 is 2.41 bits per heavy atom. The van der Waals surface area contributed by atoms with Crippen molar-refractivity contribution in [3.8, 4) is 11.5 Å². The lowest BCUT2D eigenvalue weighted by Gasteiger charge is -2.26. The second kappa shape index (κ2) is 11.8. The number of barbiturate groups is 1. The third-order valence-corrected chi connectivity index (χ3v) is 6.20. The van der Waals surface area contributed by atoms with Crippen LogP contribution >= 0.6 is 11.6 Å². The Bertz CT molecular complexity index is 1480. The summed E-state index contributed by atoms with van der Waals surface area (Å²) >= 11 is 6.17. The highest BCUT2D eigenvalue weighted by Gasteiger charge is 2.37. The Balaban J connectivity index is 1.54. The highest BCUT2D eigenvalue weighted by atomic mass is 35.5.